The van der Waals surface area contributed by atoms with Crippen molar-refractivity contribution in [1.82, 2.24) is 29.5 Å². The highest BCUT2D eigenvalue weighted by Crippen LogP contribution is 2.38. The number of fused-ring (bicyclic) bond motifs is 1. The number of piperazine rings is 1. The van der Waals surface area contributed by atoms with Crippen LogP contribution in [0.1, 0.15) is 42.1 Å². The third-order valence-corrected chi connectivity index (χ3v) is 7.52. The maximum Gasteiger partial charge on any atom is 0.241 e. The number of benzene rings is 1. The first kappa shape index (κ1) is 26.3. The van der Waals surface area contributed by atoms with Crippen LogP contribution < -0.4 is 10.1 Å². The number of allylic oxidation sites excluding steroid dienone is 1. The third kappa shape index (κ3) is 5.45. The third-order valence-electron chi connectivity index (χ3n) is 7.24. The molecule has 200 valence electrons. The summed E-state index contributed by atoms with van der Waals surface area (Å²) in [4.78, 5) is 27.0. The fraction of sp³-hybridized carbons (Fsp3) is 0.429. The number of anilines is 1. The maximum atomic E-state index is 13.2. The molecule has 2 aromatic heterocycles. The summed E-state index contributed by atoms with van der Waals surface area (Å²) in [6.07, 6.45) is 6.87. The minimum Gasteiger partial charge on any atom is -0.477 e. The van der Waals surface area contributed by atoms with Crippen LogP contribution >= 0.6 is 11.6 Å². The van der Waals surface area contributed by atoms with E-state index in [2.05, 4.69) is 44.4 Å². The summed E-state index contributed by atoms with van der Waals surface area (Å²) in [5.41, 5.74) is 5.49. The van der Waals surface area contributed by atoms with Gasteiger partial charge in [0.25, 0.3) is 0 Å². The van der Waals surface area contributed by atoms with Crippen LogP contribution in [-0.2, 0) is 24.7 Å². The van der Waals surface area contributed by atoms with E-state index in [-0.39, 0.29) is 11.9 Å². The van der Waals surface area contributed by atoms with Crippen LogP contribution in [0.5, 0.6) is 5.88 Å². The lowest BCUT2D eigenvalue weighted by molar-refractivity contribution is -0.121. The first-order chi connectivity index (χ1) is 18.3. The summed E-state index contributed by atoms with van der Waals surface area (Å²) in [6, 6.07) is 5.80. The van der Waals surface area contributed by atoms with Gasteiger partial charge in [0.1, 0.15) is 5.82 Å². The molecule has 2 aliphatic rings. The monoisotopic (exact) mass is 535 g/mol. The maximum absolute atomic E-state index is 13.2. The Balaban J connectivity index is 1.35. The predicted molar refractivity (Wildman–Crippen MR) is 149 cm³/mol. The molecule has 3 aromatic rings. The van der Waals surface area contributed by atoms with Gasteiger partial charge < -0.3 is 15.0 Å². The highest BCUT2D eigenvalue weighted by atomic mass is 35.5. The van der Waals surface area contributed by atoms with Crippen molar-refractivity contribution in [3.8, 4) is 5.88 Å². The number of nitrogens with one attached hydrogen (secondary N) is 1. The molecule has 1 saturated heterocycles. The zero-order valence-electron chi connectivity index (χ0n) is 22.4. The molecule has 1 atom stereocenters. The minimum atomic E-state index is -0.193. The summed E-state index contributed by atoms with van der Waals surface area (Å²) in [6.45, 7) is 8.18. The summed E-state index contributed by atoms with van der Waals surface area (Å²) in [5.74, 6) is 1.24. The average molecular weight is 536 g/mol. The second-order valence-corrected chi connectivity index (χ2v) is 10.3. The molecule has 9 nitrogen and oxygen atoms in total. The van der Waals surface area contributed by atoms with Crippen LogP contribution in [0.3, 0.4) is 0 Å². The topological polar surface area (TPSA) is 88.4 Å². The number of nitrogens with zero attached hydrogens (tertiary/aromatic N) is 6. The number of carbonyl (C=O) groups is 1. The van der Waals surface area contributed by atoms with Crippen LogP contribution in [0.2, 0.25) is 5.02 Å². The number of amides is 1. The normalized spacial score (nSPS) is 16.7. The van der Waals surface area contributed by atoms with Gasteiger partial charge in [-0.15, -0.1) is 5.10 Å². The number of rotatable bonds is 8. The number of hydrogen-bond acceptors (Lipinski definition) is 7. The van der Waals surface area contributed by atoms with E-state index in [0.717, 1.165) is 54.1 Å². The van der Waals surface area contributed by atoms with Crippen LogP contribution in [0.4, 0.5) is 5.69 Å². The molecule has 1 aromatic carbocycles. The first-order valence-electron chi connectivity index (χ1n) is 13.1. The van der Waals surface area contributed by atoms with Crippen LogP contribution in [0, 0.1) is 0 Å². The molecule has 1 N–H and O–H groups in total. The van der Waals surface area contributed by atoms with Gasteiger partial charge in [-0.1, -0.05) is 29.8 Å². The van der Waals surface area contributed by atoms with E-state index in [9.17, 15) is 4.79 Å². The van der Waals surface area contributed by atoms with E-state index in [1.54, 1.807) is 10.9 Å². The van der Waals surface area contributed by atoms with E-state index in [4.69, 9.17) is 21.3 Å². The molecule has 1 aliphatic heterocycles. The molecular weight excluding hydrogens is 502 g/mol. The van der Waals surface area contributed by atoms with Crippen LogP contribution in [0.15, 0.2) is 36.7 Å². The molecule has 0 radical (unpaired) electrons. The Hall–Kier alpha value is -3.27. The van der Waals surface area contributed by atoms with Crippen LogP contribution in [0.25, 0.3) is 5.57 Å². The fourth-order valence-corrected chi connectivity index (χ4v) is 5.26. The molecule has 1 aliphatic carbocycles. The van der Waals surface area contributed by atoms with E-state index < -0.39 is 0 Å². The lowest BCUT2D eigenvalue weighted by Gasteiger charge is -2.35. The molecule has 5 rings (SSSR count). The van der Waals surface area contributed by atoms with Gasteiger partial charge in [0, 0.05) is 68.9 Å². The lowest BCUT2D eigenvalue weighted by Crippen LogP contribution is -2.51. The van der Waals surface area contributed by atoms with Gasteiger partial charge in [-0.05, 0) is 44.5 Å². The SMILES string of the molecule is CCOc1nn(C)cc1Cc1ncc(Cl)c(C2=CCc3c(NC(=O)[C@@H](C)N4CCN(C)CC4)cccc32)n1. The quantitative estimate of drug-likeness (QED) is 0.473. The molecule has 0 bridgehead atoms. The van der Waals surface area contributed by atoms with Crippen molar-refractivity contribution in [2.45, 2.75) is 32.7 Å². The Morgan fingerprint density at radius 3 is 2.76 bits per heavy atom. The molecule has 0 saturated carbocycles. The van der Waals surface area contributed by atoms with Gasteiger partial charge in [0.05, 0.1) is 23.4 Å². The smallest absolute Gasteiger partial charge is 0.241 e. The Labute approximate surface area is 228 Å². The molecule has 10 heteroatoms. The molecule has 1 amide bonds. The molecule has 38 heavy (non-hydrogen) atoms. The summed E-state index contributed by atoms with van der Waals surface area (Å²) < 4.78 is 7.40. The number of likely N-dealkylation sites (N-methyl/N-ethyl adjacent to an activating group) is 1. The Kier molecular flexibility index (Phi) is 7.78. The van der Waals surface area contributed by atoms with E-state index in [0.29, 0.717) is 41.9 Å². The van der Waals surface area contributed by atoms with Crippen molar-refractivity contribution >= 4 is 28.8 Å². The molecular formula is C28H34ClN7O2. The minimum absolute atomic E-state index is 0.0142. The summed E-state index contributed by atoms with van der Waals surface area (Å²) >= 11 is 6.61. The lowest BCUT2D eigenvalue weighted by atomic mass is 10.0. The second kappa shape index (κ2) is 11.2. The van der Waals surface area contributed by atoms with Crippen molar-refractivity contribution in [1.29, 1.82) is 0 Å². The predicted octanol–water partition coefficient (Wildman–Crippen LogP) is 3.42. The average Bonchev–Trinajstić information content (AvgIpc) is 3.49. The van der Waals surface area contributed by atoms with E-state index >= 15 is 0 Å². The van der Waals surface area contributed by atoms with Crippen molar-refractivity contribution in [3.05, 3.63) is 69.9 Å². The Bertz CT molecular complexity index is 1360. The summed E-state index contributed by atoms with van der Waals surface area (Å²) in [7, 11) is 3.98. The Morgan fingerprint density at radius 2 is 2.00 bits per heavy atom. The Morgan fingerprint density at radius 1 is 1.21 bits per heavy atom. The second-order valence-electron chi connectivity index (χ2n) is 9.88. The molecule has 0 spiro atoms. The zero-order valence-corrected chi connectivity index (χ0v) is 23.1. The van der Waals surface area contributed by atoms with E-state index in [1.807, 2.05) is 39.2 Å². The van der Waals surface area contributed by atoms with Gasteiger partial charge in [0.2, 0.25) is 11.8 Å². The zero-order chi connectivity index (χ0) is 26.8. The van der Waals surface area contributed by atoms with Crippen molar-refractivity contribution in [3.63, 3.8) is 0 Å². The highest BCUT2D eigenvalue weighted by Gasteiger charge is 2.27. The van der Waals surface area contributed by atoms with Crippen molar-refractivity contribution in [2.24, 2.45) is 7.05 Å². The van der Waals surface area contributed by atoms with Crippen molar-refractivity contribution < 1.29 is 9.53 Å². The summed E-state index contributed by atoms with van der Waals surface area (Å²) in [5, 5.41) is 8.06. The number of halogens is 1. The van der Waals surface area contributed by atoms with Gasteiger partial charge in [0.15, 0.2) is 0 Å². The van der Waals surface area contributed by atoms with E-state index in [1.165, 1.54) is 0 Å². The van der Waals surface area contributed by atoms with Crippen LogP contribution in [-0.4, -0.2) is 81.3 Å². The largest absolute Gasteiger partial charge is 0.477 e. The first-order valence-corrected chi connectivity index (χ1v) is 13.4. The number of hydrogen-bond donors (Lipinski definition) is 1. The van der Waals surface area contributed by atoms with Gasteiger partial charge in [-0.3, -0.25) is 14.4 Å². The standard InChI is InChI=1S/C28H34ClN7O2/c1-5-38-28-19(17-35(4)33-28)15-25-30-16-23(29)26(32-25)22-10-9-21-20(22)7-6-8-24(21)31-27(37)18(2)36-13-11-34(3)12-14-36/h6-8,10,16-18H,5,9,11-15H2,1-4H3,(H,31,37)/t18-/m1/s1. The fourth-order valence-electron chi connectivity index (χ4n) is 5.07. The van der Waals surface area contributed by atoms with Gasteiger partial charge in [-0.25, -0.2) is 9.97 Å². The number of aryl methyl sites for hydroxylation is 1. The van der Waals surface area contributed by atoms with Crippen molar-refractivity contribution in [2.75, 3.05) is 45.2 Å². The number of aromatic nitrogens is 4. The molecule has 0 unspecified atom stereocenters. The van der Waals surface area contributed by atoms with Gasteiger partial charge in [-0.2, -0.15) is 0 Å². The molecule has 1 fully saturated rings. The molecule has 3 heterocycles. The highest BCUT2D eigenvalue weighted by molar-refractivity contribution is 6.32. The number of ether oxygens (including phenoxy) is 1. The van der Waals surface area contributed by atoms with Gasteiger partial charge >= 0.3 is 0 Å². The number of carbonyl (C=O) groups excluding carboxylic acids is 1.